The molecule has 1 atom stereocenters. The lowest BCUT2D eigenvalue weighted by Gasteiger charge is -2.32. The van der Waals surface area contributed by atoms with Crippen LogP contribution in [0.1, 0.15) is 19.3 Å². The van der Waals surface area contributed by atoms with Crippen molar-refractivity contribution in [2.24, 2.45) is 0 Å². The van der Waals surface area contributed by atoms with E-state index >= 15 is 0 Å². The fourth-order valence-electron chi connectivity index (χ4n) is 3.45. The van der Waals surface area contributed by atoms with Crippen molar-refractivity contribution in [2.45, 2.75) is 25.3 Å². The van der Waals surface area contributed by atoms with Crippen molar-refractivity contribution in [3.05, 3.63) is 23.6 Å². The molecule has 2 aliphatic heterocycles. The standard InChI is InChI=1S/C20H21N3O3S/c1-2-8-23-9-4-3-5-16(23)19(24)22-20-21-15(13-27-20)14-6-7-17-18(12-14)26-11-10-25-17/h1,6-7,12-13,16H,3-5,8-11H2,(H,21,22,24). The molecule has 0 aliphatic carbocycles. The van der Waals surface area contributed by atoms with Crippen molar-refractivity contribution >= 4 is 22.4 Å². The van der Waals surface area contributed by atoms with Crippen LogP contribution in [0.5, 0.6) is 11.5 Å². The van der Waals surface area contributed by atoms with Crippen LogP contribution in [0.4, 0.5) is 5.13 Å². The van der Waals surface area contributed by atoms with E-state index < -0.39 is 0 Å². The summed E-state index contributed by atoms with van der Waals surface area (Å²) in [6, 6.07) is 5.58. The number of rotatable bonds is 4. The van der Waals surface area contributed by atoms with Gasteiger partial charge in [0.15, 0.2) is 16.6 Å². The Balaban J connectivity index is 1.46. The molecule has 2 aromatic rings. The summed E-state index contributed by atoms with van der Waals surface area (Å²) >= 11 is 1.41. The molecular formula is C20H21N3O3S. The molecule has 1 fully saturated rings. The predicted octanol–water partition coefficient (Wildman–Crippen LogP) is 3.01. The molecule has 1 unspecified atom stereocenters. The fourth-order valence-corrected chi connectivity index (χ4v) is 4.17. The third-order valence-corrected chi connectivity index (χ3v) is 5.54. The van der Waals surface area contributed by atoms with Crippen LogP contribution < -0.4 is 14.8 Å². The number of aromatic nitrogens is 1. The van der Waals surface area contributed by atoms with Gasteiger partial charge < -0.3 is 14.8 Å². The zero-order valence-electron chi connectivity index (χ0n) is 14.9. The molecule has 7 heteroatoms. The summed E-state index contributed by atoms with van der Waals surface area (Å²) in [4.78, 5) is 19.3. The van der Waals surface area contributed by atoms with Crippen LogP contribution in [-0.4, -0.2) is 48.1 Å². The maximum absolute atomic E-state index is 12.7. The number of thiazole rings is 1. The Labute approximate surface area is 162 Å². The Morgan fingerprint density at radius 1 is 1.33 bits per heavy atom. The number of carbonyl (C=O) groups excluding carboxylic acids is 1. The van der Waals surface area contributed by atoms with Crippen molar-refractivity contribution < 1.29 is 14.3 Å². The normalized spacial score (nSPS) is 19.3. The maximum Gasteiger partial charge on any atom is 0.243 e. The Bertz CT molecular complexity index is 874. The number of ether oxygens (including phenoxy) is 2. The van der Waals surface area contributed by atoms with Gasteiger partial charge in [-0.25, -0.2) is 4.98 Å². The van der Waals surface area contributed by atoms with Crippen LogP contribution in [0.3, 0.4) is 0 Å². The predicted molar refractivity (Wildman–Crippen MR) is 105 cm³/mol. The number of fused-ring (bicyclic) bond motifs is 1. The number of piperidine rings is 1. The molecule has 0 radical (unpaired) electrons. The molecule has 140 valence electrons. The van der Waals surface area contributed by atoms with E-state index in [2.05, 4.69) is 21.1 Å². The van der Waals surface area contributed by atoms with E-state index in [0.29, 0.717) is 24.9 Å². The van der Waals surface area contributed by atoms with Crippen molar-refractivity contribution in [3.63, 3.8) is 0 Å². The SMILES string of the molecule is C#CCN1CCCCC1C(=O)Nc1nc(-c2ccc3c(c2)OCCO3)cs1. The molecule has 6 nitrogen and oxygen atoms in total. The number of carbonyl (C=O) groups is 1. The number of hydrogen-bond donors (Lipinski definition) is 1. The number of terminal acetylenes is 1. The molecule has 1 aromatic carbocycles. The number of anilines is 1. The van der Waals surface area contributed by atoms with Crippen molar-refractivity contribution in [1.29, 1.82) is 0 Å². The average molecular weight is 383 g/mol. The van der Waals surface area contributed by atoms with E-state index in [1.165, 1.54) is 11.3 Å². The monoisotopic (exact) mass is 383 g/mol. The quantitative estimate of drug-likeness (QED) is 0.823. The van der Waals surface area contributed by atoms with Crippen LogP contribution >= 0.6 is 11.3 Å². The molecule has 1 aromatic heterocycles. The second-order valence-corrected chi connectivity index (χ2v) is 7.43. The highest BCUT2D eigenvalue weighted by Crippen LogP contribution is 2.35. The lowest BCUT2D eigenvalue weighted by molar-refractivity contribution is -0.122. The summed E-state index contributed by atoms with van der Waals surface area (Å²) in [6.07, 6.45) is 8.39. The van der Waals surface area contributed by atoms with Crippen LogP contribution in [-0.2, 0) is 4.79 Å². The van der Waals surface area contributed by atoms with Gasteiger partial charge in [0.2, 0.25) is 5.91 Å². The molecule has 3 heterocycles. The van der Waals surface area contributed by atoms with Gasteiger partial charge in [-0.3, -0.25) is 9.69 Å². The minimum atomic E-state index is -0.184. The Morgan fingerprint density at radius 2 is 2.19 bits per heavy atom. The minimum Gasteiger partial charge on any atom is -0.486 e. The molecular weight excluding hydrogens is 362 g/mol. The molecule has 0 saturated carbocycles. The summed E-state index contributed by atoms with van der Waals surface area (Å²) in [5.74, 6) is 4.09. The highest BCUT2D eigenvalue weighted by molar-refractivity contribution is 7.14. The van der Waals surface area contributed by atoms with E-state index in [1.54, 1.807) is 0 Å². The molecule has 0 spiro atoms. The van der Waals surface area contributed by atoms with Gasteiger partial charge in [0.1, 0.15) is 13.2 Å². The van der Waals surface area contributed by atoms with Gasteiger partial charge in [0.05, 0.1) is 18.3 Å². The molecule has 4 rings (SSSR count). The van der Waals surface area contributed by atoms with E-state index in [0.717, 1.165) is 48.6 Å². The number of amides is 1. The number of nitrogens with one attached hydrogen (secondary N) is 1. The van der Waals surface area contributed by atoms with Crippen LogP contribution in [0.15, 0.2) is 23.6 Å². The van der Waals surface area contributed by atoms with Crippen LogP contribution in [0.2, 0.25) is 0 Å². The van der Waals surface area contributed by atoms with E-state index in [1.807, 2.05) is 23.6 Å². The minimum absolute atomic E-state index is 0.0342. The summed E-state index contributed by atoms with van der Waals surface area (Å²) in [7, 11) is 0. The van der Waals surface area contributed by atoms with Crippen molar-refractivity contribution in [2.75, 3.05) is 31.6 Å². The Hall–Kier alpha value is -2.56. The maximum atomic E-state index is 12.7. The second-order valence-electron chi connectivity index (χ2n) is 6.57. The van der Waals surface area contributed by atoms with E-state index in [-0.39, 0.29) is 11.9 Å². The first-order valence-corrected chi connectivity index (χ1v) is 9.96. The zero-order chi connectivity index (χ0) is 18.6. The second kappa shape index (κ2) is 7.99. The lowest BCUT2D eigenvalue weighted by Crippen LogP contribution is -2.47. The molecule has 2 aliphatic rings. The third-order valence-electron chi connectivity index (χ3n) is 4.78. The molecule has 1 saturated heterocycles. The van der Waals surface area contributed by atoms with E-state index in [4.69, 9.17) is 15.9 Å². The fraction of sp³-hybridized carbons (Fsp3) is 0.400. The smallest absolute Gasteiger partial charge is 0.243 e. The van der Waals surface area contributed by atoms with Gasteiger partial charge in [0, 0.05) is 10.9 Å². The topological polar surface area (TPSA) is 63.7 Å². The van der Waals surface area contributed by atoms with Crippen molar-refractivity contribution in [3.8, 4) is 35.1 Å². The Morgan fingerprint density at radius 3 is 3.04 bits per heavy atom. The first-order chi connectivity index (χ1) is 13.2. The van der Waals surface area contributed by atoms with Gasteiger partial charge in [-0.05, 0) is 37.6 Å². The number of hydrogen-bond acceptors (Lipinski definition) is 6. The summed E-state index contributed by atoms with van der Waals surface area (Å²) in [5, 5.41) is 5.48. The first-order valence-electron chi connectivity index (χ1n) is 9.08. The number of benzene rings is 1. The molecule has 0 bridgehead atoms. The summed E-state index contributed by atoms with van der Waals surface area (Å²) < 4.78 is 11.2. The van der Waals surface area contributed by atoms with Gasteiger partial charge in [-0.2, -0.15) is 0 Å². The average Bonchev–Trinajstić information content (AvgIpc) is 3.16. The summed E-state index contributed by atoms with van der Waals surface area (Å²) in [6.45, 7) is 2.47. The molecule has 27 heavy (non-hydrogen) atoms. The number of likely N-dealkylation sites (tertiary alicyclic amines) is 1. The Kier molecular flexibility index (Phi) is 5.28. The molecule has 1 amide bonds. The van der Waals surface area contributed by atoms with E-state index in [9.17, 15) is 4.79 Å². The van der Waals surface area contributed by atoms with Gasteiger partial charge in [-0.1, -0.05) is 12.3 Å². The van der Waals surface area contributed by atoms with Crippen LogP contribution in [0, 0.1) is 12.3 Å². The highest BCUT2D eigenvalue weighted by Gasteiger charge is 2.28. The first kappa shape index (κ1) is 17.8. The molecule has 1 N–H and O–H groups in total. The van der Waals surface area contributed by atoms with Crippen molar-refractivity contribution in [1.82, 2.24) is 9.88 Å². The number of nitrogens with zero attached hydrogens (tertiary/aromatic N) is 2. The zero-order valence-corrected chi connectivity index (χ0v) is 15.8. The van der Waals surface area contributed by atoms with Crippen LogP contribution in [0.25, 0.3) is 11.3 Å². The summed E-state index contributed by atoms with van der Waals surface area (Å²) in [5.41, 5.74) is 1.74. The third kappa shape index (κ3) is 3.92. The highest BCUT2D eigenvalue weighted by atomic mass is 32.1. The van der Waals surface area contributed by atoms with Gasteiger partial charge in [0.25, 0.3) is 0 Å². The van der Waals surface area contributed by atoms with Gasteiger partial charge >= 0.3 is 0 Å². The largest absolute Gasteiger partial charge is 0.486 e. The lowest BCUT2D eigenvalue weighted by atomic mass is 10.0. The van der Waals surface area contributed by atoms with Gasteiger partial charge in [-0.15, -0.1) is 17.8 Å².